The predicted octanol–water partition coefficient (Wildman–Crippen LogP) is 11.1. The molecule has 0 aromatic heterocycles. The first-order valence-electron chi connectivity index (χ1n) is 19.1. The van der Waals surface area contributed by atoms with Gasteiger partial charge in [0.15, 0.2) is 0 Å². The van der Waals surface area contributed by atoms with Gasteiger partial charge in [0.2, 0.25) is 0 Å². The Balaban J connectivity index is 1.70. The molecule has 0 spiro atoms. The maximum atomic E-state index is 11.6. The molecule has 53 heavy (non-hydrogen) atoms. The number of nitriles is 1. The first kappa shape index (κ1) is 41.2. The largest absolute Gasteiger partial charge is 0.507 e. The number of benzene rings is 4. The van der Waals surface area contributed by atoms with E-state index < -0.39 is 0 Å². The van der Waals surface area contributed by atoms with Gasteiger partial charge in [-0.25, -0.2) is 0 Å². The molecule has 7 heteroatoms. The average molecular weight is 717 g/mol. The lowest BCUT2D eigenvalue weighted by molar-refractivity contribution is 0.225. The summed E-state index contributed by atoms with van der Waals surface area (Å²) in [5.74, 6) is 1.79. The van der Waals surface area contributed by atoms with Gasteiger partial charge in [-0.2, -0.15) is 5.26 Å². The van der Waals surface area contributed by atoms with Crippen LogP contribution in [0.25, 0.3) is 0 Å². The lowest BCUT2D eigenvalue weighted by Crippen LogP contribution is -2.27. The van der Waals surface area contributed by atoms with Crippen molar-refractivity contribution in [3.8, 4) is 17.6 Å². The van der Waals surface area contributed by atoms with Crippen LogP contribution in [-0.4, -0.2) is 33.1 Å². The maximum Gasteiger partial charge on any atom is 0.133 e. The van der Waals surface area contributed by atoms with Gasteiger partial charge in [0.05, 0.1) is 5.56 Å². The van der Waals surface area contributed by atoms with Crippen molar-refractivity contribution in [1.29, 1.82) is 5.26 Å². The van der Waals surface area contributed by atoms with E-state index in [-0.39, 0.29) is 17.2 Å². The van der Waals surface area contributed by atoms with Crippen molar-refractivity contribution in [1.82, 2.24) is 9.80 Å². The van der Waals surface area contributed by atoms with Crippen molar-refractivity contribution in [3.05, 3.63) is 127 Å². The van der Waals surface area contributed by atoms with Crippen LogP contribution in [0.3, 0.4) is 0 Å². The summed E-state index contributed by atoms with van der Waals surface area (Å²) >= 11 is 0. The van der Waals surface area contributed by atoms with Crippen molar-refractivity contribution in [2.75, 3.05) is 13.1 Å². The molecule has 4 aromatic carbocycles. The number of hydrogen-bond donors (Lipinski definition) is 2. The van der Waals surface area contributed by atoms with E-state index in [9.17, 15) is 20.4 Å². The van der Waals surface area contributed by atoms with E-state index >= 15 is 0 Å². The van der Waals surface area contributed by atoms with Gasteiger partial charge in [0, 0.05) is 44.8 Å². The third-order valence-corrected chi connectivity index (χ3v) is 9.93. The van der Waals surface area contributed by atoms with Crippen LogP contribution in [0.1, 0.15) is 128 Å². The SMILES string of the molecule is Cc1cc(CN(Cc2cc(Cc3cc(CN(Cc4ccc(C#N)c(O)c4)CC(C)C)c(C)c(C(C)C)c3)cc(C(C)C)c2O)CC(C)C)ccc1N=O. The Morgan fingerprint density at radius 2 is 1.19 bits per heavy atom. The fourth-order valence-electron chi connectivity index (χ4n) is 7.51. The van der Waals surface area contributed by atoms with Crippen molar-refractivity contribution in [2.45, 2.75) is 114 Å². The van der Waals surface area contributed by atoms with Gasteiger partial charge in [-0.3, -0.25) is 9.80 Å². The Labute approximate surface area is 318 Å². The second-order valence-corrected chi connectivity index (χ2v) is 16.5. The van der Waals surface area contributed by atoms with Gasteiger partial charge in [0.1, 0.15) is 23.3 Å². The molecular weight excluding hydrogens is 657 g/mol. The van der Waals surface area contributed by atoms with E-state index in [0.29, 0.717) is 48.8 Å². The summed E-state index contributed by atoms with van der Waals surface area (Å²) in [6.07, 6.45) is 0.747. The van der Waals surface area contributed by atoms with Crippen molar-refractivity contribution < 1.29 is 10.2 Å². The molecular formula is C46H60N4O3. The highest BCUT2D eigenvalue weighted by atomic mass is 16.3. The van der Waals surface area contributed by atoms with Gasteiger partial charge in [-0.15, -0.1) is 4.91 Å². The molecule has 0 aliphatic rings. The topological polar surface area (TPSA) is 100 Å². The van der Waals surface area contributed by atoms with Crippen LogP contribution in [0.5, 0.6) is 11.5 Å². The summed E-state index contributed by atoms with van der Waals surface area (Å²) in [6.45, 7) is 26.3. The Bertz CT molecular complexity index is 1920. The maximum absolute atomic E-state index is 11.6. The number of rotatable bonds is 17. The Kier molecular flexibility index (Phi) is 14.4. The third-order valence-electron chi connectivity index (χ3n) is 9.93. The Hall–Kier alpha value is -4.51. The molecule has 0 amide bonds. The summed E-state index contributed by atoms with van der Waals surface area (Å²) in [7, 11) is 0. The zero-order chi connectivity index (χ0) is 39.0. The Morgan fingerprint density at radius 1 is 0.660 bits per heavy atom. The minimum atomic E-state index is 0.0250. The highest BCUT2D eigenvalue weighted by Crippen LogP contribution is 2.34. The molecule has 0 radical (unpaired) electrons. The second-order valence-electron chi connectivity index (χ2n) is 16.5. The zero-order valence-electron chi connectivity index (χ0n) is 33.6. The fourth-order valence-corrected chi connectivity index (χ4v) is 7.51. The first-order chi connectivity index (χ1) is 25.1. The number of aromatic hydroxyl groups is 2. The average Bonchev–Trinajstić information content (AvgIpc) is 3.06. The highest BCUT2D eigenvalue weighted by Gasteiger charge is 2.20. The van der Waals surface area contributed by atoms with Crippen LogP contribution in [0.2, 0.25) is 0 Å². The monoisotopic (exact) mass is 716 g/mol. The van der Waals surface area contributed by atoms with Crippen molar-refractivity contribution >= 4 is 5.69 Å². The lowest BCUT2D eigenvalue weighted by atomic mass is 9.88. The molecule has 0 aliphatic carbocycles. The van der Waals surface area contributed by atoms with E-state index in [1.54, 1.807) is 18.2 Å². The smallest absolute Gasteiger partial charge is 0.133 e. The minimum Gasteiger partial charge on any atom is -0.507 e. The molecule has 0 fully saturated rings. The molecule has 0 saturated carbocycles. The molecule has 0 bridgehead atoms. The van der Waals surface area contributed by atoms with E-state index in [0.717, 1.165) is 53.9 Å². The summed E-state index contributed by atoms with van der Waals surface area (Å²) in [6, 6.07) is 22.3. The molecule has 0 saturated heterocycles. The van der Waals surface area contributed by atoms with Crippen LogP contribution >= 0.6 is 0 Å². The Morgan fingerprint density at radius 3 is 1.70 bits per heavy atom. The van der Waals surface area contributed by atoms with Crippen LogP contribution in [0, 0.1) is 41.9 Å². The second kappa shape index (κ2) is 18.5. The van der Waals surface area contributed by atoms with E-state index in [1.165, 1.54) is 27.8 Å². The molecule has 0 unspecified atom stereocenters. The van der Waals surface area contributed by atoms with Crippen LogP contribution in [0.15, 0.2) is 65.8 Å². The van der Waals surface area contributed by atoms with Gasteiger partial charge >= 0.3 is 0 Å². The quantitative estimate of drug-likeness (QED) is 0.106. The highest BCUT2D eigenvalue weighted by molar-refractivity contribution is 5.49. The molecule has 0 heterocycles. The van der Waals surface area contributed by atoms with Crippen LogP contribution in [0.4, 0.5) is 5.69 Å². The number of nitroso groups, excluding NO2 is 1. The van der Waals surface area contributed by atoms with Crippen LogP contribution in [-0.2, 0) is 32.6 Å². The van der Waals surface area contributed by atoms with Gasteiger partial charge < -0.3 is 10.2 Å². The fraction of sp³-hybridized carbons (Fsp3) is 0.457. The lowest BCUT2D eigenvalue weighted by Gasteiger charge is -2.27. The molecule has 0 atom stereocenters. The van der Waals surface area contributed by atoms with Gasteiger partial charge in [-0.05, 0) is 117 Å². The molecule has 4 aromatic rings. The standard InChI is InChI=1S/C46H60N4O3/c1-29(2)23-49(26-36-11-13-39(22-47)45(51)21-36)27-40-17-37(19-42(31(5)6)34(40)10)16-38-18-41(46(52)43(20-38)32(7)8)28-50(24-30(3)4)25-35-12-14-44(48-53)33(9)15-35/h11-15,17-21,29-32,51-52H,16,23-28H2,1-10H3. The summed E-state index contributed by atoms with van der Waals surface area (Å²) in [5.41, 5.74) is 12.0. The van der Waals surface area contributed by atoms with E-state index in [4.69, 9.17) is 0 Å². The van der Waals surface area contributed by atoms with E-state index in [2.05, 4.69) is 108 Å². The predicted molar refractivity (Wildman–Crippen MR) is 218 cm³/mol. The molecule has 282 valence electrons. The van der Waals surface area contributed by atoms with Crippen molar-refractivity contribution in [2.24, 2.45) is 17.0 Å². The van der Waals surface area contributed by atoms with E-state index in [1.807, 2.05) is 25.1 Å². The number of aryl methyl sites for hydroxylation is 1. The third kappa shape index (κ3) is 11.2. The first-order valence-corrected chi connectivity index (χ1v) is 19.1. The van der Waals surface area contributed by atoms with Gasteiger partial charge in [-0.1, -0.05) is 97.9 Å². The summed E-state index contributed by atoms with van der Waals surface area (Å²) < 4.78 is 0. The zero-order valence-corrected chi connectivity index (χ0v) is 33.6. The number of nitrogens with zero attached hydrogens (tertiary/aromatic N) is 4. The molecule has 2 N–H and O–H groups in total. The van der Waals surface area contributed by atoms with Gasteiger partial charge in [0.25, 0.3) is 0 Å². The number of phenols is 2. The summed E-state index contributed by atoms with van der Waals surface area (Å²) in [4.78, 5) is 16.0. The molecule has 4 rings (SSSR count). The molecule has 0 aliphatic heterocycles. The number of hydrogen-bond acceptors (Lipinski definition) is 7. The minimum absolute atomic E-state index is 0.0250. The summed E-state index contributed by atoms with van der Waals surface area (Å²) in [5, 5.41) is 34.5. The molecule has 7 nitrogen and oxygen atoms in total. The van der Waals surface area contributed by atoms with Crippen LogP contribution < -0.4 is 0 Å². The van der Waals surface area contributed by atoms with Crippen molar-refractivity contribution in [3.63, 3.8) is 0 Å². The number of phenolic OH excluding ortho intramolecular Hbond substituents is 2. The normalized spacial score (nSPS) is 11.8.